The number of piperazine rings is 1. The molecule has 0 aliphatic carbocycles. The number of imide groups is 2. The summed E-state index contributed by atoms with van der Waals surface area (Å²) in [7, 11) is -1.10. The van der Waals surface area contributed by atoms with Crippen LogP contribution >= 0.6 is 23.1 Å². The van der Waals surface area contributed by atoms with Gasteiger partial charge in [-0.25, -0.2) is 4.98 Å². The molecule has 4 amide bonds. The largest absolute Gasteiger partial charge is 0.494 e. The molecular formula is C49H56BrN12O6P. The molecule has 7 heterocycles. The third kappa shape index (κ3) is 9.29. The molecular weight excluding hydrogens is 963 g/mol. The number of carbonyl (C=O) groups excluding carboxylic acids is 4. The fraction of sp³-hybridized carbons (Fsp3) is 0.429. The number of ether oxygens (including phenoxy) is 1. The number of nitrogens with one attached hydrogen (secondary N) is 3. The Kier molecular flexibility index (Phi) is 12.9. The van der Waals surface area contributed by atoms with Crippen LogP contribution in [0.4, 0.5) is 34.5 Å². The zero-order valence-corrected chi connectivity index (χ0v) is 41.7. The summed E-state index contributed by atoms with van der Waals surface area (Å²) in [5.74, 6) is 0.138. The number of halogens is 1. The van der Waals surface area contributed by atoms with Crippen LogP contribution in [0.2, 0.25) is 0 Å². The van der Waals surface area contributed by atoms with E-state index in [0.29, 0.717) is 67.1 Å². The number of benzene rings is 3. The van der Waals surface area contributed by atoms with E-state index < -0.39 is 30.9 Å². The first-order valence-electron chi connectivity index (χ1n) is 23.6. The van der Waals surface area contributed by atoms with Crippen molar-refractivity contribution in [3.8, 4) is 5.75 Å². The van der Waals surface area contributed by atoms with Crippen molar-refractivity contribution in [2.45, 2.75) is 51.1 Å². The monoisotopic (exact) mass is 1020 g/mol. The van der Waals surface area contributed by atoms with Crippen LogP contribution in [0.1, 0.15) is 58.9 Å². The van der Waals surface area contributed by atoms with Gasteiger partial charge in [-0.05, 0) is 96.9 Å². The summed E-state index contributed by atoms with van der Waals surface area (Å²) in [4.78, 5) is 80.0. The van der Waals surface area contributed by atoms with Gasteiger partial charge in [-0.3, -0.25) is 44.3 Å². The van der Waals surface area contributed by atoms with E-state index >= 15 is 0 Å². The average molecular weight is 1020 g/mol. The quantitative estimate of drug-likeness (QED) is 0.0971. The molecule has 18 nitrogen and oxygen atoms in total. The van der Waals surface area contributed by atoms with Crippen LogP contribution in [0.5, 0.6) is 5.75 Å². The summed E-state index contributed by atoms with van der Waals surface area (Å²) in [5.41, 5.74) is 6.58. The SMILES string of the molecule is CCc1cc(Nc2ncc(Br)c(Nc3ccc4nccnc4c3P(C)(C)=O)n2)c(OC)cc1N1CCC(N2CCN(CC3CN(c4ccc5c(c4)C(=O)N(C4CCC(=O)NC4=O)C5=O)C3)CC2)CC1. The number of anilines is 6. The molecule has 1 unspecified atom stereocenters. The van der Waals surface area contributed by atoms with E-state index in [4.69, 9.17) is 9.72 Å². The summed E-state index contributed by atoms with van der Waals surface area (Å²) in [6, 6.07) is 12.9. The lowest BCUT2D eigenvalue weighted by atomic mass is 9.96. The molecule has 5 aromatic rings. The predicted molar refractivity (Wildman–Crippen MR) is 269 cm³/mol. The maximum atomic E-state index is 13.5. The Morgan fingerprint density at radius 3 is 2.32 bits per heavy atom. The van der Waals surface area contributed by atoms with Gasteiger partial charge < -0.3 is 34.6 Å². The molecule has 360 valence electrons. The van der Waals surface area contributed by atoms with E-state index in [1.165, 1.54) is 11.3 Å². The van der Waals surface area contributed by atoms with Gasteiger partial charge in [0.25, 0.3) is 11.8 Å². The Labute approximate surface area is 409 Å². The minimum atomic E-state index is -2.78. The third-order valence-corrected chi connectivity index (χ3v) is 16.3. The van der Waals surface area contributed by atoms with Gasteiger partial charge in [-0.1, -0.05) is 6.92 Å². The van der Waals surface area contributed by atoms with Crippen LogP contribution in [-0.2, 0) is 20.6 Å². The first-order valence-corrected chi connectivity index (χ1v) is 27.0. The maximum Gasteiger partial charge on any atom is 0.262 e. The molecule has 0 radical (unpaired) electrons. The molecule has 20 heteroatoms. The van der Waals surface area contributed by atoms with Crippen molar-refractivity contribution in [1.82, 2.24) is 40.0 Å². The van der Waals surface area contributed by atoms with E-state index in [-0.39, 0.29) is 18.7 Å². The molecule has 10 rings (SSSR count). The zero-order chi connectivity index (χ0) is 48.1. The predicted octanol–water partition coefficient (Wildman–Crippen LogP) is 5.61. The minimum Gasteiger partial charge on any atom is -0.494 e. The Morgan fingerprint density at radius 2 is 1.59 bits per heavy atom. The van der Waals surface area contributed by atoms with E-state index in [0.717, 1.165) is 94.4 Å². The number of amides is 4. The molecule has 3 aromatic carbocycles. The van der Waals surface area contributed by atoms with E-state index in [1.54, 1.807) is 51.2 Å². The first-order chi connectivity index (χ1) is 33.3. The fourth-order valence-corrected chi connectivity index (χ4v) is 12.3. The summed E-state index contributed by atoms with van der Waals surface area (Å²) in [6.45, 7) is 14.5. The number of piperidine rings is 2. The Bertz CT molecular complexity index is 2910. The van der Waals surface area contributed by atoms with Gasteiger partial charge >= 0.3 is 0 Å². The molecule has 0 spiro atoms. The van der Waals surface area contributed by atoms with Crippen LogP contribution < -0.4 is 35.8 Å². The molecule has 0 saturated carbocycles. The van der Waals surface area contributed by atoms with Gasteiger partial charge in [0.2, 0.25) is 17.8 Å². The summed E-state index contributed by atoms with van der Waals surface area (Å²) < 4.78 is 20.2. The highest BCUT2D eigenvalue weighted by atomic mass is 79.9. The van der Waals surface area contributed by atoms with Crippen molar-refractivity contribution in [2.75, 3.05) is 99.8 Å². The standard InChI is InChI=1S/C49H56BrN12O6P/c1-5-30-22-38(55-49-53-25-35(50)45(57-49)54-37-9-8-36-43(52-15-14-51-36)44(37)69(3,4)67)41(68-2)24-40(30)60-16-12-31(13-17-60)59-20-18-58(19-21-59)26-29-27-61(28-29)32-6-7-33-34(23-32)48(66)62(47(33)65)39-10-11-42(63)56-46(39)64/h6-9,14-15,22-25,29,31,39H,5,10-13,16-21,26-28H2,1-4H3,(H,56,63,64)(H2,53,54,55,57). The fourth-order valence-electron chi connectivity index (χ4n) is 10.6. The minimum absolute atomic E-state index is 0.0951. The number of fused-ring (bicyclic) bond motifs is 2. The van der Waals surface area contributed by atoms with E-state index in [2.05, 4.69) is 85.5 Å². The summed E-state index contributed by atoms with van der Waals surface area (Å²) in [5, 5.41) is 9.65. The number of methoxy groups -OCH3 is 1. The lowest BCUT2D eigenvalue weighted by Crippen LogP contribution is -2.57. The van der Waals surface area contributed by atoms with Gasteiger partial charge in [0.05, 0.1) is 44.9 Å². The van der Waals surface area contributed by atoms with Crippen LogP contribution in [0.25, 0.3) is 11.0 Å². The van der Waals surface area contributed by atoms with Gasteiger partial charge in [0.1, 0.15) is 30.3 Å². The van der Waals surface area contributed by atoms with Crippen molar-refractivity contribution >= 4 is 97.6 Å². The Hall–Kier alpha value is -6.01. The van der Waals surface area contributed by atoms with Gasteiger partial charge in [0.15, 0.2) is 0 Å². The number of aromatic nitrogens is 4. The van der Waals surface area contributed by atoms with Gasteiger partial charge in [0, 0.05) is 113 Å². The molecule has 2 aromatic heterocycles. The normalized spacial score (nSPS) is 19.8. The summed E-state index contributed by atoms with van der Waals surface area (Å²) >= 11 is 3.60. The van der Waals surface area contributed by atoms with Crippen molar-refractivity contribution in [1.29, 1.82) is 0 Å². The second kappa shape index (κ2) is 19.1. The highest BCUT2D eigenvalue weighted by molar-refractivity contribution is 9.10. The second-order valence-corrected chi connectivity index (χ2v) is 22.9. The highest BCUT2D eigenvalue weighted by Crippen LogP contribution is 2.42. The number of hydrogen-bond acceptors (Lipinski definition) is 16. The zero-order valence-electron chi connectivity index (χ0n) is 39.2. The molecule has 69 heavy (non-hydrogen) atoms. The van der Waals surface area contributed by atoms with Gasteiger partial charge in [-0.15, -0.1) is 0 Å². The first kappa shape index (κ1) is 46.7. The Balaban J connectivity index is 0.714. The van der Waals surface area contributed by atoms with Crippen molar-refractivity contribution in [2.24, 2.45) is 5.92 Å². The van der Waals surface area contributed by atoms with E-state index in [1.807, 2.05) is 18.2 Å². The highest BCUT2D eigenvalue weighted by Gasteiger charge is 2.45. The number of nitrogens with zero attached hydrogens (tertiary/aromatic N) is 9. The number of aryl methyl sites for hydroxylation is 1. The maximum absolute atomic E-state index is 13.5. The molecule has 4 fully saturated rings. The van der Waals surface area contributed by atoms with Crippen LogP contribution in [0, 0.1) is 5.92 Å². The van der Waals surface area contributed by atoms with Crippen molar-refractivity contribution < 1.29 is 28.5 Å². The third-order valence-electron chi connectivity index (χ3n) is 14.2. The number of carbonyl (C=O) groups is 4. The van der Waals surface area contributed by atoms with Crippen molar-refractivity contribution in [3.63, 3.8) is 0 Å². The number of rotatable bonds is 13. The van der Waals surface area contributed by atoms with Crippen molar-refractivity contribution in [3.05, 3.63) is 82.2 Å². The second-order valence-electron chi connectivity index (χ2n) is 18.9. The topological polar surface area (TPSA) is 198 Å². The average Bonchev–Trinajstić information content (AvgIpc) is 3.58. The van der Waals surface area contributed by atoms with Crippen LogP contribution in [-0.4, -0.2) is 150 Å². The molecule has 5 aliphatic rings. The number of hydrogen-bond donors (Lipinski definition) is 3. The summed E-state index contributed by atoms with van der Waals surface area (Å²) in [6.07, 6.45) is 8.16. The molecule has 5 aliphatic heterocycles. The smallest absolute Gasteiger partial charge is 0.262 e. The van der Waals surface area contributed by atoms with Crippen LogP contribution in [0.3, 0.4) is 0 Å². The Morgan fingerprint density at radius 1 is 0.841 bits per heavy atom. The lowest BCUT2D eigenvalue weighted by Gasteiger charge is -2.46. The van der Waals surface area contributed by atoms with Crippen LogP contribution in [0.15, 0.2) is 65.5 Å². The molecule has 4 saturated heterocycles. The van der Waals surface area contributed by atoms with Gasteiger partial charge in [-0.2, -0.15) is 4.98 Å². The molecule has 0 bridgehead atoms. The lowest BCUT2D eigenvalue weighted by molar-refractivity contribution is -0.136. The van der Waals surface area contributed by atoms with E-state index in [9.17, 15) is 23.7 Å². The molecule has 3 N–H and O–H groups in total. The molecule has 1 atom stereocenters.